The normalized spacial score (nSPS) is 11.9. The second kappa shape index (κ2) is 16.9. The van der Waals surface area contributed by atoms with Crippen LogP contribution in [0.5, 0.6) is 0 Å². The third-order valence-electron chi connectivity index (χ3n) is 6.16. The predicted molar refractivity (Wildman–Crippen MR) is 152 cm³/mol. The summed E-state index contributed by atoms with van der Waals surface area (Å²) in [5.74, 6) is -2.47. The number of hydrogen-bond donors (Lipinski definition) is 4. The van der Waals surface area contributed by atoms with Gasteiger partial charge in [-0.25, -0.2) is 14.4 Å². The Bertz CT molecular complexity index is 1150. The maximum Gasteiger partial charge on any atom is 0.338 e. The Hall–Kier alpha value is -4.09. The molecule has 0 saturated carbocycles. The van der Waals surface area contributed by atoms with Crippen LogP contribution in [0.25, 0.3) is 0 Å². The molecule has 0 saturated heterocycles. The van der Waals surface area contributed by atoms with E-state index in [2.05, 4.69) is 10.6 Å². The second-order valence-electron chi connectivity index (χ2n) is 9.41. The summed E-state index contributed by atoms with van der Waals surface area (Å²) in [6, 6.07) is 27.3. The molecule has 0 heterocycles. The largest absolute Gasteiger partial charge is 0.459 e. The first kappa shape index (κ1) is 31.4. The van der Waals surface area contributed by atoms with Gasteiger partial charge in [-0.15, -0.1) is 0 Å². The van der Waals surface area contributed by atoms with Crippen LogP contribution in [0.3, 0.4) is 0 Å². The highest BCUT2D eigenvalue weighted by Gasteiger charge is 2.45. The van der Waals surface area contributed by atoms with Crippen LogP contribution in [0.2, 0.25) is 0 Å². The van der Waals surface area contributed by atoms with Crippen LogP contribution in [-0.2, 0) is 48.4 Å². The Morgan fingerprint density at radius 1 is 0.659 bits per heavy atom. The predicted octanol–water partition coefficient (Wildman–Crippen LogP) is 1.84. The van der Waals surface area contributed by atoms with E-state index in [1.54, 1.807) is 24.3 Å². The Morgan fingerprint density at radius 2 is 1.07 bits per heavy atom. The van der Waals surface area contributed by atoms with E-state index in [1.807, 2.05) is 66.7 Å². The molecule has 218 valence electrons. The van der Waals surface area contributed by atoms with E-state index in [-0.39, 0.29) is 39.3 Å². The first-order chi connectivity index (χ1) is 19.9. The van der Waals surface area contributed by atoms with Crippen molar-refractivity contribution in [1.82, 2.24) is 10.6 Å². The molecule has 0 aromatic heterocycles. The van der Waals surface area contributed by atoms with Gasteiger partial charge in [0.2, 0.25) is 5.54 Å². The molecule has 3 rings (SSSR count). The van der Waals surface area contributed by atoms with Crippen molar-refractivity contribution in [3.63, 3.8) is 0 Å². The summed E-state index contributed by atoms with van der Waals surface area (Å²) in [5.41, 5.74) is 6.65. The summed E-state index contributed by atoms with van der Waals surface area (Å²) in [6.45, 7) is 1.06. The SMILES string of the molecule is NC(CCNCCNCC(O)C(=O)OCc1ccccc1)(C(=O)OCc1ccccc1)C(=O)OCc1ccccc1. The molecular weight excluding hydrogens is 526 g/mol. The third kappa shape index (κ3) is 10.8. The summed E-state index contributed by atoms with van der Waals surface area (Å²) < 4.78 is 15.9. The van der Waals surface area contributed by atoms with Crippen LogP contribution in [0.1, 0.15) is 23.1 Å². The van der Waals surface area contributed by atoms with Crippen LogP contribution in [-0.4, -0.2) is 60.8 Å². The lowest BCUT2D eigenvalue weighted by Gasteiger charge is -2.25. The van der Waals surface area contributed by atoms with Gasteiger partial charge in [0, 0.05) is 19.6 Å². The van der Waals surface area contributed by atoms with E-state index in [0.29, 0.717) is 13.1 Å². The van der Waals surface area contributed by atoms with Gasteiger partial charge in [0.1, 0.15) is 19.8 Å². The fourth-order valence-electron chi connectivity index (χ4n) is 3.73. The topological polar surface area (TPSA) is 149 Å². The molecule has 3 aromatic carbocycles. The minimum Gasteiger partial charge on any atom is -0.459 e. The maximum atomic E-state index is 13.0. The molecule has 10 nitrogen and oxygen atoms in total. The summed E-state index contributed by atoms with van der Waals surface area (Å²) in [4.78, 5) is 37.9. The van der Waals surface area contributed by atoms with Crippen molar-refractivity contribution >= 4 is 17.9 Å². The van der Waals surface area contributed by atoms with Gasteiger partial charge < -0.3 is 35.7 Å². The second-order valence-corrected chi connectivity index (χ2v) is 9.41. The molecule has 0 aliphatic heterocycles. The van der Waals surface area contributed by atoms with E-state index in [0.717, 1.165) is 16.7 Å². The van der Waals surface area contributed by atoms with Crippen LogP contribution < -0.4 is 16.4 Å². The lowest BCUT2D eigenvalue weighted by atomic mass is 9.96. The molecule has 0 aliphatic carbocycles. The maximum absolute atomic E-state index is 13.0. The molecule has 1 unspecified atom stereocenters. The number of carbonyl (C=O) groups is 3. The summed E-state index contributed by atoms with van der Waals surface area (Å²) in [6.07, 6.45) is -1.38. The summed E-state index contributed by atoms with van der Waals surface area (Å²) in [5, 5.41) is 16.1. The van der Waals surface area contributed by atoms with Crippen molar-refractivity contribution in [1.29, 1.82) is 0 Å². The highest BCUT2D eigenvalue weighted by atomic mass is 16.6. The summed E-state index contributed by atoms with van der Waals surface area (Å²) in [7, 11) is 0. The van der Waals surface area contributed by atoms with Gasteiger partial charge in [0.05, 0.1) is 0 Å². The molecule has 0 spiro atoms. The van der Waals surface area contributed by atoms with E-state index in [1.165, 1.54) is 0 Å². The molecule has 3 aromatic rings. The molecule has 10 heteroatoms. The number of nitrogens with two attached hydrogens (primary N) is 1. The number of carbonyl (C=O) groups excluding carboxylic acids is 3. The Morgan fingerprint density at radius 3 is 1.54 bits per heavy atom. The fourth-order valence-corrected chi connectivity index (χ4v) is 3.73. The zero-order valence-electron chi connectivity index (χ0n) is 22.9. The molecule has 0 bridgehead atoms. The number of benzene rings is 3. The number of rotatable bonds is 17. The molecular formula is C31H37N3O7. The van der Waals surface area contributed by atoms with E-state index < -0.39 is 29.6 Å². The molecule has 1 atom stereocenters. The monoisotopic (exact) mass is 563 g/mol. The quantitative estimate of drug-likeness (QED) is 0.0830. The Balaban J connectivity index is 1.42. The number of esters is 3. The van der Waals surface area contributed by atoms with Crippen molar-refractivity contribution < 1.29 is 33.7 Å². The Labute approximate surface area is 239 Å². The van der Waals surface area contributed by atoms with Gasteiger partial charge in [0.25, 0.3) is 0 Å². The number of ether oxygens (including phenoxy) is 3. The highest BCUT2D eigenvalue weighted by molar-refractivity contribution is 6.04. The van der Waals surface area contributed by atoms with Crippen LogP contribution >= 0.6 is 0 Å². The van der Waals surface area contributed by atoms with Crippen LogP contribution in [0.15, 0.2) is 91.0 Å². The first-order valence-electron chi connectivity index (χ1n) is 13.4. The van der Waals surface area contributed by atoms with E-state index in [9.17, 15) is 19.5 Å². The van der Waals surface area contributed by atoms with Gasteiger partial charge in [0.15, 0.2) is 6.10 Å². The average Bonchev–Trinajstić information content (AvgIpc) is 3.02. The minimum absolute atomic E-state index is 0.00769. The molecule has 0 amide bonds. The summed E-state index contributed by atoms with van der Waals surface area (Å²) >= 11 is 0. The average molecular weight is 564 g/mol. The standard InChI is InChI=1S/C31H37N3O7/c32-31(29(37)40-22-25-12-6-2-7-13-25,30(38)41-23-26-14-8-3-9-15-26)16-17-33-18-19-34-20-27(35)28(36)39-21-24-10-4-1-5-11-24/h1-15,27,33-35H,16-23,32H2. The Kier molecular flexibility index (Phi) is 12.9. The van der Waals surface area contributed by atoms with Crippen LogP contribution in [0, 0.1) is 0 Å². The van der Waals surface area contributed by atoms with Gasteiger partial charge in [-0.05, 0) is 29.7 Å². The fraction of sp³-hybridized carbons (Fsp3) is 0.323. The van der Waals surface area contributed by atoms with Crippen molar-refractivity contribution in [2.75, 3.05) is 26.2 Å². The molecule has 41 heavy (non-hydrogen) atoms. The lowest BCUT2D eigenvalue weighted by Crippen LogP contribution is -2.58. The van der Waals surface area contributed by atoms with Crippen molar-refractivity contribution in [3.05, 3.63) is 108 Å². The van der Waals surface area contributed by atoms with Crippen molar-refractivity contribution in [3.8, 4) is 0 Å². The number of nitrogens with one attached hydrogen (secondary N) is 2. The lowest BCUT2D eigenvalue weighted by molar-refractivity contribution is -0.166. The zero-order valence-corrected chi connectivity index (χ0v) is 22.9. The smallest absolute Gasteiger partial charge is 0.338 e. The number of aliphatic hydroxyl groups is 1. The number of hydrogen-bond acceptors (Lipinski definition) is 10. The molecule has 0 fully saturated rings. The number of aliphatic hydroxyl groups excluding tert-OH is 1. The first-order valence-corrected chi connectivity index (χ1v) is 13.4. The van der Waals surface area contributed by atoms with Gasteiger partial charge >= 0.3 is 17.9 Å². The third-order valence-corrected chi connectivity index (χ3v) is 6.16. The zero-order chi connectivity index (χ0) is 29.3. The van der Waals surface area contributed by atoms with Gasteiger partial charge in [-0.2, -0.15) is 0 Å². The molecule has 5 N–H and O–H groups in total. The van der Waals surface area contributed by atoms with Crippen molar-refractivity contribution in [2.24, 2.45) is 5.73 Å². The highest BCUT2D eigenvalue weighted by Crippen LogP contribution is 2.15. The molecule has 0 aliphatic rings. The van der Waals surface area contributed by atoms with Crippen molar-refractivity contribution in [2.45, 2.75) is 37.9 Å². The van der Waals surface area contributed by atoms with Gasteiger partial charge in [-0.3, -0.25) is 0 Å². The van der Waals surface area contributed by atoms with Crippen LogP contribution in [0.4, 0.5) is 0 Å². The van der Waals surface area contributed by atoms with E-state index in [4.69, 9.17) is 19.9 Å². The molecule has 0 radical (unpaired) electrons. The minimum atomic E-state index is -2.01. The van der Waals surface area contributed by atoms with E-state index >= 15 is 0 Å². The van der Waals surface area contributed by atoms with Gasteiger partial charge in [-0.1, -0.05) is 91.0 Å².